The maximum Gasteiger partial charge on any atom is 0.160 e. The molecule has 0 amide bonds. The summed E-state index contributed by atoms with van der Waals surface area (Å²) in [6, 6.07) is 0. The van der Waals surface area contributed by atoms with E-state index in [1.807, 2.05) is 13.8 Å². The standard InChI is InChI=1S/C24H40O2/c1-6-16-10-11-18-21-19(12-14-24(16,18)5)23(4)13-8-7-9-17(23)15-20(21)26-22(2,3)25/h6,17-21,25H,7-15H2,1-5H3. The van der Waals surface area contributed by atoms with Crippen LogP contribution in [-0.2, 0) is 4.74 Å². The Hall–Kier alpha value is -0.340. The first kappa shape index (κ1) is 19.0. The SMILES string of the molecule is CC=C1CCC2C3C(OC(C)(C)O)CC4CCCCC4(C)C3CCC12C. The summed E-state index contributed by atoms with van der Waals surface area (Å²) in [7, 11) is 0. The Bertz CT molecular complexity index is 573. The highest BCUT2D eigenvalue weighted by Gasteiger charge is 2.61. The van der Waals surface area contributed by atoms with E-state index in [1.165, 1.54) is 57.8 Å². The Kier molecular flexibility index (Phi) is 4.63. The van der Waals surface area contributed by atoms with E-state index >= 15 is 0 Å². The van der Waals surface area contributed by atoms with Crippen molar-refractivity contribution in [2.75, 3.05) is 0 Å². The first-order valence-corrected chi connectivity index (χ1v) is 11.2. The highest BCUT2D eigenvalue weighted by atomic mass is 16.6. The number of hydrogen-bond donors (Lipinski definition) is 1. The van der Waals surface area contributed by atoms with Gasteiger partial charge in [0.2, 0.25) is 0 Å². The fourth-order valence-electron chi connectivity index (χ4n) is 8.05. The average molecular weight is 361 g/mol. The predicted octanol–water partition coefficient (Wildman–Crippen LogP) is 6.09. The van der Waals surface area contributed by atoms with Gasteiger partial charge >= 0.3 is 0 Å². The van der Waals surface area contributed by atoms with Crippen LogP contribution >= 0.6 is 0 Å². The highest BCUT2D eigenvalue weighted by Crippen LogP contribution is 2.67. The lowest BCUT2D eigenvalue weighted by Gasteiger charge is -2.62. The molecule has 2 nitrogen and oxygen atoms in total. The zero-order valence-electron chi connectivity index (χ0n) is 17.7. The van der Waals surface area contributed by atoms with Gasteiger partial charge in [-0.05, 0) is 100 Å². The van der Waals surface area contributed by atoms with E-state index in [2.05, 4.69) is 26.8 Å². The van der Waals surface area contributed by atoms with Crippen LogP contribution in [0.1, 0.15) is 92.4 Å². The van der Waals surface area contributed by atoms with Crippen molar-refractivity contribution in [3.8, 4) is 0 Å². The Balaban J connectivity index is 1.72. The van der Waals surface area contributed by atoms with Crippen molar-refractivity contribution >= 4 is 0 Å². The van der Waals surface area contributed by atoms with Crippen molar-refractivity contribution in [3.63, 3.8) is 0 Å². The van der Waals surface area contributed by atoms with Crippen LogP contribution in [0.3, 0.4) is 0 Å². The Morgan fingerprint density at radius 1 is 1.08 bits per heavy atom. The van der Waals surface area contributed by atoms with Crippen molar-refractivity contribution in [1.29, 1.82) is 0 Å². The summed E-state index contributed by atoms with van der Waals surface area (Å²) in [4.78, 5) is 0. The zero-order chi connectivity index (χ0) is 18.7. The summed E-state index contributed by atoms with van der Waals surface area (Å²) in [5.41, 5.74) is 2.57. The number of aliphatic hydroxyl groups is 1. The van der Waals surface area contributed by atoms with Gasteiger partial charge in [-0.15, -0.1) is 0 Å². The van der Waals surface area contributed by atoms with Gasteiger partial charge in [-0.25, -0.2) is 0 Å². The van der Waals surface area contributed by atoms with E-state index < -0.39 is 5.79 Å². The third-order valence-corrected chi connectivity index (χ3v) is 9.21. The van der Waals surface area contributed by atoms with Crippen LogP contribution in [0.15, 0.2) is 11.6 Å². The van der Waals surface area contributed by atoms with Crippen molar-refractivity contribution in [1.82, 2.24) is 0 Å². The molecular formula is C24H40O2. The normalized spacial score (nSPS) is 50.2. The van der Waals surface area contributed by atoms with E-state index in [-0.39, 0.29) is 6.10 Å². The number of ether oxygens (including phenoxy) is 1. The molecule has 1 N–H and O–H groups in total. The summed E-state index contributed by atoms with van der Waals surface area (Å²) in [6.45, 7) is 11.0. The number of hydrogen-bond acceptors (Lipinski definition) is 2. The molecule has 0 aromatic heterocycles. The third kappa shape index (κ3) is 2.82. The maximum atomic E-state index is 10.5. The summed E-state index contributed by atoms with van der Waals surface area (Å²) >= 11 is 0. The minimum Gasteiger partial charge on any atom is -0.366 e. The molecule has 0 bridgehead atoms. The summed E-state index contributed by atoms with van der Waals surface area (Å²) in [5, 5.41) is 10.5. The van der Waals surface area contributed by atoms with Crippen molar-refractivity contribution in [3.05, 3.63) is 11.6 Å². The monoisotopic (exact) mass is 360 g/mol. The smallest absolute Gasteiger partial charge is 0.160 e. The van der Waals surface area contributed by atoms with Crippen LogP contribution in [0.25, 0.3) is 0 Å². The average Bonchev–Trinajstić information content (AvgIpc) is 2.90. The molecule has 7 unspecified atom stereocenters. The third-order valence-electron chi connectivity index (χ3n) is 9.21. The van der Waals surface area contributed by atoms with Crippen molar-refractivity contribution in [2.45, 2.75) is 104 Å². The van der Waals surface area contributed by atoms with Crippen LogP contribution in [0, 0.1) is 34.5 Å². The summed E-state index contributed by atoms with van der Waals surface area (Å²) in [6.07, 6.45) is 14.7. The quantitative estimate of drug-likeness (QED) is 0.477. The van der Waals surface area contributed by atoms with E-state index in [4.69, 9.17) is 4.74 Å². The van der Waals surface area contributed by atoms with E-state index in [9.17, 15) is 5.11 Å². The van der Waals surface area contributed by atoms with Crippen molar-refractivity contribution < 1.29 is 9.84 Å². The minimum absolute atomic E-state index is 0.233. The van der Waals surface area contributed by atoms with Crippen molar-refractivity contribution in [2.24, 2.45) is 34.5 Å². The van der Waals surface area contributed by atoms with Crippen LogP contribution in [0.4, 0.5) is 0 Å². The molecular weight excluding hydrogens is 320 g/mol. The van der Waals surface area contributed by atoms with E-state index in [0.29, 0.717) is 16.7 Å². The fourth-order valence-corrected chi connectivity index (χ4v) is 8.05. The van der Waals surface area contributed by atoms with Crippen LogP contribution in [0.2, 0.25) is 0 Å². The topological polar surface area (TPSA) is 29.5 Å². The zero-order valence-corrected chi connectivity index (χ0v) is 17.7. The minimum atomic E-state index is -1.02. The molecule has 4 aliphatic carbocycles. The van der Waals surface area contributed by atoms with Crippen LogP contribution in [-0.4, -0.2) is 17.0 Å². The van der Waals surface area contributed by atoms with Crippen LogP contribution in [0.5, 0.6) is 0 Å². The second kappa shape index (κ2) is 6.34. The maximum absolute atomic E-state index is 10.5. The van der Waals surface area contributed by atoms with Gasteiger partial charge in [-0.1, -0.05) is 38.3 Å². The molecule has 26 heavy (non-hydrogen) atoms. The van der Waals surface area contributed by atoms with E-state index in [1.54, 1.807) is 5.57 Å². The Morgan fingerprint density at radius 3 is 2.54 bits per heavy atom. The van der Waals surface area contributed by atoms with Gasteiger partial charge < -0.3 is 9.84 Å². The molecule has 0 saturated heterocycles. The molecule has 4 saturated carbocycles. The van der Waals surface area contributed by atoms with Gasteiger partial charge in [0.1, 0.15) is 0 Å². The molecule has 0 aliphatic heterocycles. The van der Waals surface area contributed by atoms with Gasteiger partial charge in [-0.3, -0.25) is 0 Å². The molecule has 0 aromatic rings. The molecule has 0 radical (unpaired) electrons. The van der Waals surface area contributed by atoms with E-state index in [0.717, 1.165) is 17.8 Å². The van der Waals surface area contributed by atoms with Gasteiger partial charge in [0.25, 0.3) is 0 Å². The highest BCUT2D eigenvalue weighted by molar-refractivity contribution is 5.24. The molecule has 7 atom stereocenters. The lowest BCUT2D eigenvalue weighted by molar-refractivity contribution is -0.261. The molecule has 4 rings (SSSR count). The van der Waals surface area contributed by atoms with Gasteiger partial charge in [0.05, 0.1) is 6.10 Å². The first-order valence-electron chi connectivity index (χ1n) is 11.2. The first-order chi connectivity index (χ1) is 12.2. The number of rotatable bonds is 2. The summed E-state index contributed by atoms with van der Waals surface area (Å²) in [5.74, 6) is 1.91. The molecule has 148 valence electrons. The molecule has 0 heterocycles. The molecule has 2 heteroatoms. The predicted molar refractivity (Wildman–Crippen MR) is 107 cm³/mol. The largest absolute Gasteiger partial charge is 0.366 e. The van der Waals surface area contributed by atoms with Gasteiger partial charge in [-0.2, -0.15) is 0 Å². The molecule has 0 spiro atoms. The second-order valence-electron chi connectivity index (χ2n) is 10.9. The van der Waals surface area contributed by atoms with Crippen LogP contribution < -0.4 is 0 Å². The summed E-state index contributed by atoms with van der Waals surface area (Å²) < 4.78 is 6.40. The van der Waals surface area contributed by atoms with Gasteiger partial charge in [0.15, 0.2) is 5.79 Å². The lowest BCUT2D eigenvalue weighted by atomic mass is 9.44. The number of allylic oxidation sites excluding steroid dienone is 2. The Morgan fingerprint density at radius 2 is 1.85 bits per heavy atom. The molecule has 4 fully saturated rings. The lowest BCUT2D eigenvalue weighted by Crippen LogP contribution is -2.58. The number of fused-ring (bicyclic) bond motifs is 5. The molecule has 0 aromatic carbocycles. The Labute approximate surface area is 160 Å². The fraction of sp³-hybridized carbons (Fsp3) is 0.917. The second-order valence-corrected chi connectivity index (χ2v) is 10.9. The van der Waals surface area contributed by atoms with Gasteiger partial charge in [0, 0.05) is 0 Å². The molecule has 4 aliphatic rings.